The number of ether oxygens (including phenoxy) is 2. The SMILES string of the molecule is COc1ccc(CNC(=O)[C@@H](C)N(Cc2ccc(OC)cc2)C(=O)Cc2ccc(Cl)cc2)cc1. The molecule has 3 rings (SSSR count). The number of amides is 2. The van der Waals surface area contributed by atoms with Gasteiger partial charge >= 0.3 is 0 Å². The molecule has 0 saturated heterocycles. The molecule has 34 heavy (non-hydrogen) atoms. The Kier molecular flexibility index (Phi) is 8.93. The molecule has 0 aliphatic carbocycles. The summed E-state index contributed by atoms with van der Waals surface area (Å²) < 4.78 is 10.4. The van der Waals surface area contributed by atoms with Gasteiger partial charge < -0.3 is 19.7 Å². The maximum absolute atomic E-state index is 13.3. The summed E-state index contributed by atoms with van der Waals surface area (Å²) in [6.45, 7) is 2.40. The highest BCUT2D eigenvalue weighted by molar-refractivity contribution is 6.30. The molecule has 2 amide bonds. The Balaban J connectivity index is 1.73. The number of methoxy groups -OCH3 is 2. The zero-order valence-electron chi connectivity index (χ0n) is 19.6. The van der Waals surface area contributed by atoms with Crippen molar-refractivity contribution in [1.29, 1.82) is 0 Å². The minimum absolute atomic E-state index is 0.148. The van der Waals surface area contributed by atoms with Gasteiger partial charge in [0.1, 0.15) is 17.5 Å². The van der Waals surface area contributed by atoms with Gasteiger partial charge in [-0.15, -0.1) is 0 Å². The van der Waals surface area contributed by atoms with Crippen molar-refractivity contribution in [2.24, 2.45) is 0 Å². The van der Waals surface area contributed by atoms with Gasteiger partial charge in [-0.25, -0.2) is 0 Å². The summed E-state index contributed by atoms with van der Waals surface area (Å²) in [7, 11) is 3.21. The first-order chi connectivity index (χ1) is 16.4. The molecule has 0 saturated carbocycles. The number of hydrogen-bond donors (Lipinski definition) is 1. The van der Waals surface area contributed by atoms with E-state index in [1.165, 1.54) is 0 Å². The van der Waals surface area contributed by atoms with Gasteiger partial charge in [0.05, 0.1) is 20.6 Å². The van der Waals surface area contributed by atoms with Gasteiger partial charge in [0, 0.05) is 18.1 Å². The molecule has 6 nitrogen and oxygen atoms in total. The maximum atomic E-state index is 13.3. The molecule has 0 heterocycles. The van der Waals surface area contributed by atoms with Crippen molar-refractivity contribution in [3.05, 3.63) is 94.5 Å². The number of halogens is 1. The molecule has 0 spiro atoms. The van der Waals surface area contributed by atoms with E-state index < -0.39 is 6.04 Å². The average molecular weight is 481 g/mol. The highest BCUT2D eigenvalue weighted by atomic mass is 35.5. The number of nitrogens with one attached hydrogen (secondary N) is 1. The van der Waals surface area contributed by atoms with Crippen LogP contribution in [0.1, 0.15) is 23.6 Å². The first-order valence-corrected chi connectivity index (χ1v) is 11.3. The van der Waals surface area contributed by atoms with Crippen molar-refractivity contribution >= 4 is 23.4 Å². The van der Waals surface area contributed by atoms with E-state index in [4.69, 9.17) is 21.1 Å². The molecular formula is C27H29ClN2O4. The molecule has 0 unspecified atom stereocenters. The Morgan fingerprint density at radius 3 is 1.85 bits per heavy atom. The molecule has 3 aromatic carbocycles. The normalized spacial score (nSPS) is 11.4. The maximum Gasteiger partial charge on any atom is 0.242 e. The largest absolute Gasteiger partial charge is 0.497 e. The van der Waals surface area contributed by atoms with Crippen LogP contribution in [0, 0.1) is 0 Å². The van der Waals surface area contributed by atoms with Crippen LogP contribution in [0.2, 0.25) is 5.02 Å². The van der Waals surface area contributed by atoms with E-state index in [0.29, 0.717) is 18.1 Å². The Bertz CT molecular complexity index is 1080. The third-order valence-corrected chi connectivity index (χ3v) is 5.83. The van der Waals surface area contributed by atoms with E-state index in [9.17, 15) is 9.59 Å². The summed E-state index contributed by atoms with van der Waals surface area (Å²) in [5.41, 5.74) is 2.68. The van der Waals surface area contributed by atoms with Crippen LogP contribution in [0.25, 0.3) is 0 Å². The summed E-state index contributed by atoms with van der Waals surface area (Å²) in [6.07, 6.45) is 0.170. The van der Waals surface area contributed by atoms with E-state index in [2.05, 4.69) is 5.32 Å². The summed E-state index contributed by atoms with van der Waals surface area (Å²) in [5, 5.41) is 3.54. The number of carbonyl (C=O) groups is 2. The molecule has 178 valence electrons. The lowest BCUT2D eigenvalue weighted by molar-refractivity contribution is -0.140. The number of benzene rings is 3. The lowest BCUT2D eigenvalue weighted by Gasteiger charge is -2.29. The Hall–Kier alpha value is -3.51. The van der Waals surface area contributed by atoms with E-state index >= 15 is 0 Å². The van der Waals surface area contributed by atoms with E-state index in [0.717, 1.165) is 28.2 Å². The molecule has 3 aromatic rings. The zero-order chi connectivity index (χ0) is 24.5. The average Bonchev–Trinajstić information content (AvgIpc) is 2.87. The van der Waals surface area contributed by atoms with Gasteiger partial charge in [-0.3, -0.25) is 9.59 Å². The number of hydrogen-bond acceptors (Lipinski definition) is 4. The van der Waals surface area contributed by atoms with Crippen LogP contribution in [0.15, 0.2) is 72.8 Å². The van der Waals surface area contributed by atoms with E-state index in [-0.39, 0.29) is 18.2 Å². The van der Waals surface area contributed by atoms with Gasteiger partial charge in [-0.1, -0.05) is 48.0 Å². The fourth-order valence-electron chi connectivity index (χ4n) is 3.47. The minimum Gasteiger partial charge on any atom is -0.497 e. The predicted octanol–water partition coefficient (Wildman–Crippen LogP) is 4.63. The standard InChI is InChI=1S/C27H29ClN2O4/c1-19(27(32)29-17-21-6-12-24(33-2)13-7-21)30(18-22-8-14-25(34-3)15-9-22)26(31)16-20-4-10-23(28)11-5-20/h4-15,19H,16-18H2,1-3H3,(H,29,32)/t19-/m1/s1. The van der Waals surface area contributed by atoms with E-state index in [1.54, 1.807) is 38.2 Å². The van der Waals surface area contributed by atoms with Crippen molar-refractivity contribution < 1.29 is 19.1 Å². The van der Waals surface area contributed by atoms with Crippen molar-refractivity contribution in [1.82, 2.24) is 10.2 Å². The highest BCUT2D eigenvalue weighted by Crippen LogP contribution is 2.17. The molecule has 0 fully saturated rings. The summed E-state index contributed by atoms with van der Waals surface area (Å²) in [5.74, 6) is 1.11. The summed E-state index contributed by atoms with van der Waals surface area (Å²) in [4.78, 5) is 27.9. The molecule has 1 N–H and O–H groups in total. The van der Waals surface area contributed by atoms with Crippen LogP contribution in [-0.4, -0.2) is 37.0 Å². The molecule has 0 aliphatic rings. The van der Waals surface area contributed by atoms with Gasteiger partial charge in [0.15, 0.2) is 0 Å². The monoisotopic (exact) mass is 480 g/mol. The van der Waals surface area contributed by atoms with Crippen molar-refractivity contribution in [2.45, 2.75) is 32.5 Å². The van der Waals surface area contributed by atoms with Gasteiger partial charge in [-0.05, 0) is 60.0 Å². The second-order valence-electron chi connectivity index (χ2n) is 7.91. The summed E-state index contributed by atoms with van der Waals surface area (Å²) in [6, 6.07) is 21.4. The van der Waals surface area contributed by atoms with Crippen LogP contribution >= 0.6 is 11.6 Å². The number of nitrogens with zero attached hydrogens (tertiary/aromatic N) is 1. The number of carbonyl (C=O) groups excluding carboxylic acids is 2. The quantitative estimate of drug-likeness (QED) is 0.459. The second-order valence-corrected chi connectivity index (χ2v) is 8.35. The van der Waals surface area contributed by atoms with Crippen molar-refractivity contribution in [3.8, 4) is 11.5 Å². The first kappa shape index (κ1) is 25.1. The molecule has 0 bridgehead atoms. The highest BCUT2D eigenvalue weighted by Gasteiger charge is 2.26. The van der Waals surface area contributed by atoms with Crippen LogP contribution in [-0.2, 0) is 29.1 Å². The van der Waals surface area contributed by atoms with E-state index in [1.807, 2.05) is 60.7 Å². The topological polar surface area (TPSA) is 67.9 Å². The molecule has 1 atom stereocenters. The molecule has 0 aromatic heterocycles. The predicted molar refractivity (Wildman–Crippen MR) is 133 cm³/mol. The van der Waals surface area contributed by atoms with Gasteiger partial charge in [0.25, 0.3) is 0 Å². The van der Waals surface area contributed by atoms with Crippen LogP contribution in [0.5, 0.6) is 11.5 Å². The number of rotatable bonds is 10. The summed E-state index contributed by atoms with van der Waals surface area (Å²) >= 11 is 5.97. The Morgan fingerprint density at radius 2 is 1.32 bits per heavy atom. The third-order valence-electron chi connectivity index (χ3n) is 5.57. The molecular weight excluding hydrogens is 452 g/mol. The minimum atomic E-state index is -0.667. The fourth-order valence-corrected chi connectivity index (χ4v) is 3.59. The lowest BCUT2D eigenvalue weighted by atomic mass is 10.1. The van der Waals surface area contributed by atoms with Crippen LogP contribution < -0.4 is 14.8 Å². The van der Waals surface area contributed by atoms with Crippen molar-refractivity contribution in [3.63, 3.8) is 0 Å². The Morgan fingerprint density at radius 1 is 0.824 bits per heavy atom. The Labute approximate surface area is 205 Å². The smallest absolute Gasteiger partial charge is 0.242 e. The lowest BCUT2D eigenvalue weighted by Crippen LogP contribution is -2.47. The van der Waals surface area contributed by atoms with Gasteiger partial charge in [-0.2, -0.15) is 0 Å². The fraction of sp³-hybridized carbons (Fsp3) is 0.259. The molecule has 0 radical (unpaired) electrons. The molecule has 0 aliphatic heterocycles. The van der Waals surface area contributed by atoms with Gasteiger partial charge in [0.2, 0.25) is 11.8 Å². The molecule has 7 heteroatoms. The zero-order valence-corrected chi connectivity index (χ0v) is 20.3. The second kappa shape index (κ2) is 12.1. The van der Waals surface area contributed by atoms with Crippen molar-refractivity contribution in [2.75, 3.05) is 14.2 Å². The first-order valence-electron chi connectivity index (χ1n) is 11.0. The van der Waals surface area contributed by atoms with Crippen LogP contribution in [0.3, 0.4) is 0 Å². The third kappa shape index (κ3) is 6.99. The van der Waals surface area contributed by atoms with Crippen LogP contribution in [0.4, 0.5) is 0 Å².